The van der Waals surface area contributed by atoms with Crippen LogP contribution in [0.3, 0.4) is 0 Å². The van der Waals surface area contributed by atoms with Crippen molar-refractivity contribution in [3.05, 3.63) is 64.5 Å². The molecule has 2 unspecified atom stereocenters. The van der Waals surface area contributed by atoms with Crippen LogP contribution in [0.15, 0.2) is 53.9 Å². The molecule has 5 rings (SSSR count). The largest absolute Gasteiger partial charge is 0.454 e. The van der Waals surface area contributed by atoms with Crippen molar-refractivity contribution in [1.29, 1.82) is 0 Å². The molecule has 3 heterocycles. The Labute approximate surface area is 193 Å². The van der Waals surface area contributed by atoms with Gasteiger partial charge in [-0.25, -0.2) is 9.69 Å². The Balaban J connectivity index is 1.30. The van der Waals surface area contributed by atoms with Crippen LogP contribution in [0, 0.1) is 0 Å². The lowest BCUT2D eigenvalue weighted by Crippen LogP contribution is -2.63. The number of nitrogens with one attached hydrogen (secondary N) is 1. The van der Waals surface area contributed by atoms with Gasteiger partial charge in [-0.05, 0) is 47.4 Å². The molecule has 0 saturated carbocycles. The van der Waals surface area contributed by atoms with Gasteiger partial charge < -0.3 is 19.7 Å². The fourth-order valence-electron chi connectivity index (χ4n) is 3.80. The van der Waals surface area contributed by atoms with Gasteiger partial charge in [-0.3, -0.25) is 9.59 Å². The van der Waals surface area contributed by atoms with Gasteiger partial charge in [-0.15, -0.1) is 11.8 Å². The summed E-state index contributed by atoms with van der Waals surface area (Å²) in [5, 5.41) is 4.63. The van der Waals surface area contributed by atoms with Crippen molar-refractivity contribution < 1.29 is 23.9 Å². The summed E-state index contributed by atoms with van der Waals surface area (Å²) in [6, 6.07) is 10.9. The summed E-state index contributed by atoms with van der Waals surface area (Å²) in [4.78, 5) is 41.5. The van der Waals surface area contributed by atoms with Crippen LogP contribution in [0.1, 0.15) is 5.56 Å². The summed E-state index contributed by atoms with van der Waals surface area (Å²) in [5.74, 6) is 0.665. The molecule has 0 aliphatic carbocycles. The number of fused-ring (bicyclic) bond motifs is 2. The second kappa shape index (κ2) is 8.40. The number of urea groups is 1. The van der Waals surface area contributed by atoms with Gasteiger partial charge in [0.2, 0.25) is 12.7 Å². The first kappa shape index (κ1) is 20.7. The lowest BCUT2D eigenvalue weighted by Gasteiger charge is -2.40. The molecule has 1 saturated heterocycles. The first-order chi connectivity index (χ1) is 15.5. The number of imide groups is 1. The van der Waals surface area contributed by atoms with Crippen molar-refractivity contribution >= 4 is 46.9 Å². The van der Waals surface area contributed by atoms with Crippen molar-refractivity contribution in [3.8, 4) is 11.5 Å². The molecule has 2 aromatic rings. The van der Waals surface area contributed by atoms with E-state index in [0.717, 1.165) is 10.5 Å². The first-order valence-electron chi connectivity index (χ1n) is 9.89. The van der Waals surface area contributed by atoms with E-state index in [4.69, 9.17) is 21.1 Å². The van der Waals surface area contributed by atoms with Crippen LogP contribution in [0.4, 0.5) is 10.5 Å². The molecule has 4 amide bonds. The molecule has 32 heavy (non-hydrogen) atoms. The predicted octanol–water partition coefficient (Wildman–Crippen LogP) is 3.15. The molecule has 164 valence electrons. The predicted molar refractivity (Wildman–Crippen MR) is 120 cm³/mol. The summed E-state index contributed by atoms with van der Waals surface area (Å²) in [5.41, 5.74) is 1.26. The number of carbonyl (C=O) groups is 3. The molecule has 0 spiro atoms. The molecule has 3 aliphatic rings. The van der Waals surface area contributed by atoms with E-state index in [1.807, 2.05) is 12.1 Å². The first-order valence-corrected chi connectivity index (χ1v) is 11.2. The van der Waals surface area contributed by atoms with Crippen LogP contribution < -0.4 is 19.7 Å². The fourth-order valence-corrected chi connectivity index (χ4v) is 4.97. The van der Waals surface area contributed by atoms with Gasteiger partial charge in [0.1, 0.15) is 11.8 Å². The zero-order chi connectivity index (χ0) is 22.2. The number of thioether (sulfide) groups is 1. The molecule has 1 N–H and O–H groups in total. The molecule has 8 nitrogen and oxygen atoms in total. The number of hydrogen-bond acceptors (Lipinski definition) is 6. The summed E-state index contributed by atoms with van der Waals surface area (Å²) < 4.78 is 10.6. The topological polar surface area (TPSA) is 88.2 Å². The average molecular weight is 472 g/mol. The number of hydrogen-bond donors (Lipinski definition) is 1. The number of halogens is 1. The smallest absolute Gasteiger partial charge is 0.332 e. The van der Waals surface area contributed by atoms with Crippen molar-refractivity contribution in [2.45, 2.75) is 17.8 Å². The Hall–Kier alpha value is -3.17. The number of nitrogens with zero attached hydrogens (tertiary/aromatic N) is 2. The molecule has 10 heteroatoms. The van der Waals surface area contributed by atoms with Crippen LogP contribution in [0.2, 0.25) is 5.02 Å². The van der Waals surface area contributed by atoms with Gasteiger partial charge in [0.15, 0.2) is 11.5 Å². The normalized spacial score (nSPS) is 21.2. The summed E-state index contributed by atoms with van der Waals surface area (Å²) >= 11 is 7.29. The number of anilines is 1. The zero-order valence-electron chi connectivity index (χ0n) is 16.7. The van der Waals surface area contributed by atoms with E-state index in [1.165, 1.54) is 16.7 Å². The molecular formula is C22H18ClN3O5S. The highest BCUT2D eigenvalue weighted by atomic mass is 35.5. The highest BCUT2D eigenvalue weighted by Gasteiger charge is 2.48. The third-order valence-corrected chi connectivity index (χ3v) is 6.74. The van der Waals surface area contributed by atoms with E-state index in [2.05, 4.69) is 5.32 Å². The highest BCUT2D eigenvalue weighted by Crippen LogP contribution is 2.36. The monoisotopic (exact) mass is 471 g/mol. The summed E-state index contributed by atoms with van der Waals surface area (Å²) in [6.45, 7) is 0.280. The third-order valence-electron chi connectivity index (χ3n) is 5.40. The average Bonchev–Trinajstić information content (AvgIpc) is 3.46. The number of ether oxygens (including phenoxy) is 2. The van der Waals surface area contributed by atoms with Gasteiger partial charge in [-0.2, -0.15) is 0 Å². The van der Waals surface area contributed by atoms with Gasteiger partial charge in [0.25, 0.3) is 5.91 Å². The molecule has 0 aromatic heterocycles. The molecule has 2 aromatic carbocycles. The maximum atomic E-state index is 13.2. The lowest BCUT2D eigenvalue weighted by molar-refractivity contribution is -0.124. The Bertz CT molecular complexity index is 1120. The van der Waals surface area contributed by atoms with Crippen LogP contribution in [0.5, 0.6) is 11.5 Å². The molecule has 0 radical (unpaired) electrons. The lowest BCUT2D eigenvalue weighted by atomic mass is 10.1. The number of amides is 4. The van der Waals surface area contributed by atoms with E-state index in [9.17, 15) is 14.4 Å². The molecule has 0 bridgehead atoms. The molecule has 3 aliphatic heterocycles. The van der Waals surface area contributed by atoms with E-state index in [-0.39, 0.29) is 31.7 Å². The minimum Gasteiger partial charge on any atom is -0.454 e. The van der Waals surface area contributed by atoms with Crippen LogP contribution >= 0.6 is 23.4 Å². The Morgan fingerprint density at radius 3 is 2.72 bits per heavy atom. The zero-order valence-corrected chi connectivity index (χ0v) is 18.3. The van der Waals surface area contributed by atoms with Crippen LogP contribution in [-0.2, 0) is 16.1 Å². The van der Waals surface area contributed by atoms with Crippen molar-refractivity contribution in [2.75, 3.05) is 18.2 Å². The van der Waals surface area contributed by atoms with E-state index in [1.54, 1.807) is 41.8 Å². The third kappa shape index (κ3) is 3.78. The van der Waals surface area contributed by atoms with Crippen LogP contribution in [0.25, 0.3) is 0 Å². The highest BCUT2D eigenvalue weighted by molar-refractivity contribution is 8.03. The van der Waals surface area contributed by atoms with E-state index >= 15 is 0 Å². The number of carbonyl (C=O) groups excluding carboxylic acids is 3. The maximum absolute atomic E-state index is 13.2. The molecule has 1 fully saturated rings. The molecule has 2 atom stereocenters. The Kier molecular flexibility index (Phi) is 5.44. The summed E-state index contributed by atoms with van der Waals surface area (Å²) in [7, 11) is 0. The number of rotatable bonds is 5. The standard InChI is InChI=1S/C22H18ClN3O5S/c23-14-2-4-15(5-3-14)26-21(28)20-16(7-8-32-20)25(22(26)29)11-19(27)24-10-13-1-6-17-18(9-13)31-12-30-17/h1-9,16,20H,10-12H2,(H,24,27). The summed E-state index contributed by atoms with van der Waals surface area (Å²) in [6.07, 6.45) is 1.79. The maximum Gasteiger partial charge on any atom is 0.332 e. The van der Waals surface area contributed by atoms with Crippen molar-refractivity contribution in [2.24, 2.45) is 0 Å². The number of benzene rings is 2. The molecular weight excluding hydrogens is 454 g/mol. The SMILES string of the molecule is O=C(CN1C(=O)N(c2ccc(Cl)cc2)C(=O)C2SC=CC21)NCc1ccc2c(c1)OCO2. The van der Waals surface area contributed by atoms with Crippen molar-refractivity contribution in [3.63, 3.8) is 0 Å². The van der Waals surface area contributed by atoms with E-state index < -0.39 is 17.3 Å². The second-order valence-corrected chi connectivity index (χ2v) is 8.89. The van der Waals surface area contributed by atoms with Crippen molar-refractivity contribution in [1.82, 2.24) is 10.2 Å². The Morgan fingerprint density at radius 1 is 1.12 bits per heavy atom. The van der Waals surface area contributed by atoms with E-state index in [0.29, 0.717) is 22.2 Å². The Morgan fingerprint density at radius 2 is 1.91 bits per heavy atom. The van der Waals surface area contributed by atoms with Gasteiger partial charge in [-0.1, -0.05) is 23.7 Å². The van der Waals surface area contributed by atoms with Crippen LogP contribution in [-0.4, -0.2) is 47.4 Å². The quantitative estimate of drug-likeness (QED) is 0.720. The second-order valence-electron chi connectivity index (χ2n) is 7.40. The minimum absolute atomic E-state index is 0.174. The van der Waals surface area contributed by atoms with Gasteiger partial charge in [0.05, 0.1) is 11.7 Å². The van der Waals surface area contributed by atoms with Gasteiger partial charge >= 0.3 is 6.03 Å². The minimum atomic E-state index is -0.538. The fraction of sp³-hybridized carbons (Fsp3) is 0.227. The van der Waals surface area contributed by atoms with Gasteiger partial charge in [0, 0.05) is 11.6 Å².